The lowest BCUT2D eigenvalue weighted by Crippen LogP contribution is -2.24. The molecule has 3 aromatic rings. The van der Waals surface area contributed by atoms with Gasteiger partial charge in [-0.25, -0.2) is 9.37 Å². The Morgan fingerprint density at radius 2 is 2.17 bits per heavy atom. The van der Waals surface area contributed by atoms with E-state index >= 15 is 0 Å². The first-order valence-corrected chi connectivity index (χ1v) is 7.62. The number of hydrogen-bond donors (Lipinski definition) is 1. The maximum absolute atomic E-state index is 13.7. The van der Waals surface area contributed by atoms with Crippen LogP contribution < -0.4 is 5.32 Å². The van der Waals surface area contributed by atoms with Crippen molar-refractivity contribution in [1.82, 2.24) is 19.9 Å². The second kappa shape index (κ2) is 7.04. The van der Waals surface area contributed by atoms with Crippen LogP contribution in [0, 0.1) is 5.82 Å². The molecular formula is C18H17FN4O. The second-order valence-corrected chi connectivity index (χ2v) is 5.32. The molecule has 0 aliphatic rings. The van der Waals surface area contributed by atoms with Gasteiger partial charge in [0.15, 0.2) is 5.82 Å². The first kappa shape index (κ1) is 15.9. The first-order chi connectivity index (χ1) is 11.6. The van der Waals surface area contributed by atoms with Gasteiger partial charge in [0.2, 0.25) is 5.91 Å². The van der Waals surface area contributed by atoms with Crippen LogP contribution in [0.2, 0.25) is 0 Å². The number of rotatable bonds is 5. The maximum Gasteiger partial charge on any atom is 0.244 e. The lowest BCUT2D eigenvalue weighted by atomic mass is 10.3. The summed E-state index contributed by atoms with van der Waals surface area (Å²) >= 11 is 0. The topological polar surface area (TPSA) is 59.8 Å². The molecule has 6 heteroatoms. The highest BCUT2D eigenvalue weighted by Gasteiger charge is 2.10. The molecule has 0 unspecified atom stereocenters. The smallest absolute Gasteiger partial charge is 0.244 e. The van der Waals surface area contributed by atoms with Gasteiger partial charge in [0.05, 0.1) is 11.2 Å². The number of fused-ring (bicyclic) bond motifs is 1. The van der Waals surface area contributed by atoms with Gasteiger partial charge in [-0.3, -0.25) is 9.78 Å². The summed E-state index contributed by atoms with van der Waals surface area (Å²) in [7, 11) is 1.84. The number of carbonyl (C=O) groups excluding carboxylic acids is 1. The molecule has 2 aromatic heterocycles. The number of amides is 1. The molecule has 3 rings (SSSR count). The van der Waals surface area contributed by atoms with Crippen molar-refractivity contribution in [2.24, 2.45) is 7.05 Å². The van der Waals surface area contributed by atoms with Gasteiger partial charge in [0.1, 0.15) is 11.3 Å². The summed E-state index contributed by atoms with van der Waals surface area (Å²) in [6.07, 6.45) is 5.28. The van der Waals surface area contributed by atoms with Crippen LogP contribution >= 0.6 is 0 Å². The summed E-state index contributed by atoms with van der Waals surface area (Å²) in [6, 6.07) is 10.4. The third kappa shape index (κ3) is 3.48. The van der Waals surface area contributed by atoms with Gasteiger partial charge < -0.3 is 9.88 Å². The summed E-state index contributed by atoms with van der Waals surface area (Å²) in [4.78, 5) is 20.2. The van der Waals surface area contributed by atoms with Gasteiger partial charge in [-0.05, 0) is 30.3 Å². The zero-order chi connectivity index (χ0) is 16.9. The van der Waals surface area contributed by atoms with E-state index in [-0.39, 0.29) is 11.7 Å². The van der Waals surface area contributed by atoms with Crippen LogP contribution in [0.3, 0.4) is 0 Å². The van der Waals surface area contributed by atoms with Crippen LogP contribution in [-0.4, -0.2) is 27.0 Å². The lowest BCUT2D eigenvalue weighted by Gasteiger charge is -2.03. The Labute approximate surface area is 138 Å². The van der Waals surface area contributed by atoms with E-state index in [1.54, 1.807) is 18.3 Å². The molecule has 0 bridgehead atoms. The number of hydrogen-bond acceptors (Lipinski definition) is 3. The van der Waals surface area contributed by atoms with Crippen molar-refractivity contribution in [1.29, 1.82) is 0 Å². The van der Waals surface area contributed by atoms with Crippen molar-refractivity contribution in [3.63, 3.8) is 0 Å². The number of pyridine rings is 1. The van der Waals surface area contributed by atoms with E-state index in [0.717, 1.165) is 17.0 Å². The third-order valence-electron chi connectivity index (χ3n) is 3.70. The lowest BCUT2D eigenvalue weighted by molar-refractivity contribution is -0.116. The van der Waals surface area contributed by atoms with E-state index in [9.17, 15) is 9.18 Å². The molecule has 1 amide bonds. The molecular weight excluding hydrogens is 307 g/mol. The average Bonchev–Trinajstić information content (AvgIpc) is 2.92. The monoisotopic (exact) mass is 324 g/mol. The molecule has 2 heterocycles. The summed E-state index contributed by atoms with van der Waals surface area (Å²) < 4.78 is 15.6. The van der Waals surface area contributed by atoms with E-state index in [1.807, 2.05) is 35.9 Å². The fourth-order valence-corrected chi connectivity index (χ4v) is 2.44. The van der Waals surface area contributed by atoms with Gasteiger partial charge >= 0.3 is 0 Å². The van der Waals surface area contributed by atoms with Crippen molar-refractivity contribution < 1.29 is 9.18 Å². The molecule has 0 aliphatic heterocycles. The summed E-state index contributed by atoms with van der Waals surface area (Å²) in [6.45, 7) is 0.421. The number of halogens is 1. The summed E-state index contributed by atoms with van der Waals surface area (Å²) in [5.74, 6) is 0.186. The minimum absolute atomic E-state index is 0.203. The Bertz CT molecular complexity index is 887. The molecule has 0 atom stereocenters. The number of aryl methyl sites for hydroxylation is 1. The van der Waals surface area contributed by atoms with Crippen molar-refractivity contribution in [2.45, 2.75) is 6.42 Å². The molecule has 5 nitrogen and oxygen atoms in total. The minimum atomic E-state index is -0.336. The normalized spacial score (nSPS) is 11.2. The fraction of sp³-hybridized carbons (Fsp3) is 0.167. The van der Waals surface area contributed by atoms with Crippen LogP contribution in [0.5, 0.6) is 0 Å². The van der Waals surface area contributed by atoms with Crippen molar-refractivity contribution >= 4 is 23.0 Å². The number of nitrogens with one attached hydrogen (secondary N) is 1. The molecule has 0 spiro atoms. The predicted octanol–water partition coefficient (Wildman–Crippen LogP) is 2.48. The number of benzene rings is 1. The van der Waals surface area contributed by atoms with Gasteiger partial charge in [0.25, 0.3) is 0 Å². The van der Waals surface area contributed by atoms with Crippen LogP contribution in [0.4, 0.5) is 4.39 Å². The van der Waals surface area contributed by atoms with Crippen LogP contribution in [0.25, 0.3) is 17.1 Å². The highest BCUT2D eigenvalue weighted by Crippen LogP contribution is 2.17. The van der Waals surface area contributed by atoms with E-state index in [4.69, 9.17) is 0 Å². The quantitative estimate of drug-likeness (QED) is 0.734. The number of carbonyl (C=O) groups is 1. The van der Waals surface area contributed by atoms with Gasteiger partial charge in [0, 0.05) is 32.3 Å². The Hall–Kier alpha value is -3.02. The Balaban J connectivity index is 1.59. The average molecular weight is 324 g/mol. The molecule has 1 aromatic carbocycles. The minimum Gasteiger partial charge on any atom is -0.352 e. The maximum atomic E-state index is 13.7. The molecule has 1 N–H and O–H groups in total. The van der Waals surface area contributed by atoms with Crippen LogP contribution in [-0.2, 0) is 18.3 Å². The van der Waals surface area contributed by atoms with E-state index in [1.165, 1.54) is 12.1 Å². The Kier molecular flexibility index (Phi) is 4.65. The molecule has 0 saturated carbocycles. The van der Waals surface area contributed by atoms with Gasteiger partial charge in [-0.15, -0.1) is 0 Å². The predicted molar refractivity (Wildman–Crippen MR) is 90.7 cm³/mol. The molecule has 0 aliphatic carbocycles. The van der Waals surface area contributed by atoms with Crippen LogP contribution in [0.15, 0.2) is 48.7 Å². The number of imidazole rings is 1. The standard InChI is InChI=1S/C18H17FN4O/c1-23-15-7-4-6-14(19)18(15)22-16(23)10-12-21-17(24)9-8-13-5-2-3-11-20-13/h2-9,11H,10,12H2,1H3,(H,21,24)/b9-8+. The summed E-state index contributed by atoms with van der Waals surface area (Å²) in [5, 5.41) is 2.79. The molecule has 24 heavy (non-hydrogen) atoms. The van der Waals surface area contributed by atoms with E-state index in [0.29, 0.717) is 18.5 Å². The zero-order valence-corrected chi connectivity index (χ0v) is 13.2. The SMILES string of the molecule is Cn1c(CCNC(=O)/C=C/c2ccccn2)nc2c(F)cccc21. The molecule has 0 fully saturated rings. The highest BCUT2D eigenvalue weighted by molar-refractivity contribution is 5.91. The Morgan fingerprint density at radius 3 is 2.92 bits per heavy atom. The Morgan fingerprint density at radius 1 is 1.29 bits per heavy atom. The van der Waals surface area contributed by atoms with E-state index in [2.05, 4.69) is 15.3 Å². The number of para-hydroxylation sites is 1. The third-order valence-corrected chi connectivity index (χ3v) is 3.70. The highest BCUT2D eigenvalue weighted by atomic mass is 19.1. The van der Waals surface area contributed by atoms with Crippen molar-refractivity contribution in [3.05, 3.63) is 66.0 Å². The zero-order valence-electron chi connectivity index (χ0n) is 13.2. The van der Waals surface area contributed by atoms with Crippen LogP contribution in [0.1, 0.15) is 11.5 Å². The first-order valence-electron chi connectivity index (χ1n) is 7.62. The molecule has 122 valence electrons. The van der Waals surface area contributed by atoms with Crippen molar-refractivity contribution in [2.75, 3.05) is 6.54 Å². The van der Waals surface area contributed by atoms with Gasteiger partial charge in [-0.2, -0.15) is 0 Å². The van der Waals surface area contributed by atoms with E-state index < -0.39 is 0 Å². The molecule has 0 radical (unpaired) electrons. The summed E-state index contributed by atoms with van der Waals surface area (Å²) in [5.41, 5.74) is 1.82. The largest absolute Gasteiger partial charge is 0.352 e. The van der Waals surface area contributed by atoms with Gasteiger partial charge in [-0.1, -0.05) is 12.1 Å². The molecule has 0 saturated heterocycles. The number of aromatic nitrogens is 3. The fourth-order valence-electron chi connectivity index (χ4n) is 2.44. The van der Waals surface area contributed by atoms with Crippen molar-refractivity contribution in [3.8, 4) is 0 Å². The number of nitrogens with zero attached hydrogens (tertiary/aromatic N) is 3. The second-order valence-electron chi connectivity index (χ2n) is 5.32.